The van der Waals surface area contributed by atoms with Gasteiger partial charge in [0, 0.05) is 0 Å². The first-order valence-corrected chi connectivity index (χ1v) is 5.20. The highest BCUT2D eigenvalue weighted by atomic mass is 16.5. The van der Waals surface area contributed by atoms with Gasteiger partial charge in [-0.2, -0.15) is 0 Å². The maximum absolute atomic E-state index is 5.63. The molecule has 0 aromatic carbocycles. The molecule has 0 aromatic rings. The molecule has 2 rings (SSSR count). The molecule has 0 aromatic heterocycles. The minimum atomic E-state index is -0.133. The maximum Gasteiger partial charge on any atom is 0.128 e. The zero-order valence-electron chi connectivity index (χ0n) is 9.14. The molecule has 2 nitrogen and oxygen atoms in total. The summed E-state index contributed by atoms with van der Waals surface area (Å²) < 4.78 is 11.2. The third-order valence-corrected chi connectivity index (χ3v) is 2.77. The van der Waals surface area contributed by atoms with E-state index in [-0.39, 0.29) is 11.5 Å². The van der Waals surface area contributed by atoms with E-state index in [1.165, 1.54) is 0 Å². The van der Waals surface area contributed by atoms with Crippen LogP contribution in [0.4, 0.5) is 0 Å². The van der Waals surface area contributed by atoms with Gasteiger partial charge < -0.3 is 9.47 Å². The lowest BCUT2D eigenvalue weighted by molar-refractivity contribution is 0.0460. The Morgan fingerprint density at radius 2 is 2.13 bits per heavy atom. The molecular weight excluding hydrogens is 188 g/mol. The van der Waals surface area contributed by atoms with Gasteiger partial charge in [-0.05, 0) is 38.2 Å². The average Bonchev–Trinajstić information content (AvgIpc) is 2.31. The van der Waals surface area contributed by atoms with Crippen LogP contribution in [0.1, 0.15) is 13.8 Å². The summed E-state index contributed by atoms with van der Waals surface area (Å²) in [6, 6.07) is 0. The summed E-state index contributed by atoms with van der Waals surface area (Å²) in [5.74, 6) is 0.981. The second-order valence-corrected chi connectivity index (χ2v) is 4.26. The van der Waals surface area contributed by atoms with Gasteiger partial charge in [0.25, 0.3) is 0 Å². The molecule has 2 heterocycles. The number of hydrogen-bond acceptors (Lipinski definition) is 2. The van der Waals surface area contributed by atoms with Crippen LogP contribution in [0.3, 0.4) is 0 Å². The van der Waals surface area contributed by atoms with Crippen LogP contribution < -0.4 is 0 Å². The molecule has 0 saturated heterocycles. The Hall–Kier alpha value is -1.44. The van der Waals surface area contributed by atoms with Crippen LogP contribution in [0, 0.1) is 5.41 Å². The second kappa shape index (κ2) is 3.97. The lowest BCUT2D eigenvalue weighted by atomic mass is 9.83. The van der Waals surface area contributed by atoms with Gasteiger partial charge in [0.2, 0.25) is 0 Å². The standard InChI is InChI=1S/C13H16O2/c1-13(2,11-7-3-5-9-14-11)12-8-4-6-10-15-12/h3-9,11H,10H2,1-2H3. The van der Waals surface area contributed by atoms with Gasteiger partial charge in [-0.1, -0.05) is 12.2 Å². The van der Waals surface area contributed by atoms with Crippen LogP contribution in [0.25, 0.3) is 0 Å². The fourth-order valence-corrected chi connectivity index (χ4v) is 1.73. The van der Waals surface area contributed by atoms with E-state index in [4.69, 9.17) is 9.47 Å². The third-order valence-electron chi connectivity index (χ3n) is 2.77. The Morgan fingerprint density at radius 3 is 2.73 bits per heavy atom. The van der Waals surface area contributed by atoms with E-state index in [0.29, 0.717) is 6.61 Å². The Kier molecular flexibility index (Phi) is 2.67. The molecule has 2 heteroatoms. The molecule has 0 aliphatic carbocycles. The van der Waals surface area contributed by atoms with Crippen molar-refractivity contribution in [1.29, 1.82) is 0 Å². The fraction of sp³-hybridized carbons (Fsp3) is 0.385. The molecule has 0 spiro atoms. The molecule has 0 bridgehead atoms. The van der Waals surface area contributed by atoms with Crippen molar-refractivity contribution >= 4 is 0 Å². The molecule has 0 amide bonds. The lowest BCUT2D eigenvalue weighted by Gasteiger charge is -2.34. The van der Waals surface area contributed by atoms with Gasteiger partial charge in [0.1, 0.15) is 18.5 Å². The molecule has 2 aliphatic rings. The van der Waals surface area contributed by atoms with E-state index in [0.717, 1.165) is 5.76 Å². The van der Waals surface area contributed by atoms with Gasteiger partial charge >= 0.3 is 0 Å². The molecule has 1 atom stereocenters. The quantitative estimate of drug-likeness (QED) is 0.688. The van der Waals surface area contributed by atoms with Crippen LogP contribution in [-0.4, -0.2) is 12.7 Å². The molecule has 0 saturated carbocycles. The Morgan fingerprint density at radius 1 is 1.27 bits per heavy atom. The highest BCUT2D eigenvalue weighted by molar-refractivity contribution is 5.22. The van der Waals surface area contributed by atoms with E-state index in [9.17, 15) is 0 Å². The summed E-state index contributed by atoms with van der Waals surface area (Å²) >= 11 is 0. The number of rotatable bonds is 2. The van der Waals surface area contributed by atoms with Gasteiger partial charge in [0.15, 0.2) is 0 Å². The van der Waals surface area contributed by atoms with E-state index >= 15 is 0 Å². The van der Waals surface area contributed by atoms with Crippen molar-refractivity contribution in [3.63, 3.8) is 0 Å². The molecule has 1 unspecified atom stereocenters. The monoisotopic (exact) mass is 204 g/mol. The Labute approximate surface area is 90.6 Å². The SMILES string of the molecule is CC(C)(C1=CC=CCO1)C1C=CC=CO1. The van der Waals surface area contributed by atoms with Crippen molar-refractivity contribution in [2.24, 2.45) is 5.41 Å². The summed E-state index contributed by atoms with van der Waals surface area (Å²) in [5.41, 5.74) is -0.133. The highest BCUT2D eigenvalue weighted by Crippen LogP contribution is 2.35. The van der Waals surface area contributed by atoms with Crippen molar-refractivity contribution in [3.8, 4) is 0 Å². The average molecular weight is 204 g/mol. The topological polar surface area (TPSA) is 18.5 Å². The minimum Gasteiger partial charge on any atom is -0.493 e. The molecule has 0 N–H and O–H groups in total. The molecule has 0 fully saturated rings. The predicted octanol–water partition coefficient (Wildman–Crippen LogP) is 2.95. The van der Waals surface area contributed by atoms with Crippen molar-refractivity contribution in [3.05, 3.63) is 48.5 Å². The first-order valence-electron chi connectivity index (χ1n) is 5.20. The van der Waals surface area contributed by atoms with Gasteiger partial charge in [-0.15, -0.1) is 0 Å². The normalized spacial score (nSPS) is 24.4. The van der Waals surface area contributed by atoms with Crippen LogP contribution in [-0.2, 0) is 9.47 Å². The van der Waals surface area contributed by atoms with E-state index in [2.05, 4.69) is 19.9 Å². The van der Waals surface area contributed by atoms with Gasteiger partial charge in [-0.25, -0.2) is 0 Å². The van der Waals surface area contributed by atoms with Crippen molar-refractivity contribution < 1.29 is 9.47 Å². The summed E-state index contributed by atoms with van der Waals surface area (Å²) in [6.07, 6.45) is 13.8. The van der Waals surface area contributed by atoms with Crippen LogP contribution in [0.2, 0.25) is 0 Å². The smallest absolute Gasteiger partial charge is 0.128 e. The third kappa shape index (κ3) is 1.99. The van der Waals surface area contributed by atoms with Crippen LogP contribution >= 0.6 is 0 Å². The summed E-state index contributed by atoms with van der Waals surface area (Å²) in [5, 5.41) is 0. The lowest BCUT2D eigenvalue weighted by Crippen LogP contribution is -2.33. The van der Waals surface area contributed by atoms with E-state index in [1.807, 2.05) is 30.4 Å². The van der Waals surface area contributed by atoms with Gasteiger partial charge in [0.05, 0.1) is 11.7 Å². The van der Waals surface area contributed by atoms with Crippen molar-refractivity contribution in [2.75, 3.05) is 6.61 Å². The molecule has 15 heavy (non-hydrogen) atoms. The Bertz CT molecular complexity index is 346. The predicted molar refractivity (Wildman–Crippen MR) is 60.1 cm³/mol. The second-order valence-electron chi connectivity index (χ2n) is 4.26. The maximum atomic E-state index is 5.63. The van der Waals surface area contributed by atoms with Crippen molar-refractivity contribution in [1.82, 2.24) is 0 Å². The summed E-state index contributed by atoms with van der Waals surface area (Å²) in [6.45, 7) is 4.92. The van der Waals surface area contributed by atoms with E-state index < -0.39 is 0 Å². The largest absolute Gasteiger partial charge is 0.493 e. The Balaban J connectivity index is 2.18. The van der Waals surface area contributed by atoms with Crippen LogP contribution in [0.5, 0.6) is 0 Å². The molecular formula is C13H16O2. The first-order chi connectivity index (χ1) is 7.21. The van der Waals surface area contributed by atoms with Gasteiger partial charge in [-0.3, -0.25) is 0 Å². The zero-order chi connectivity index (χ0) is 10.7. The van der Waals surface area contributed by atoms with Crippen molar-refractivity contribution in [2.45, 2.75) is 20.0 Å². The number of ether oxygens (including phenoxy) is 2. The minimum absolute atomic E-state index is 0.0419. The molecule has 2 aliphatic heterocycles. The summed E-state index contributed by atoms with van der Waals surface area (Å²) in [7, 11) is 0. The number of allylic oxidation sites excluding steroid dienone is 4. The highest BCUT2D eigenvalue weighted by Gasteiger charge is 2.35. The molecule has 80 valence electrons. The number of hydrogen-bond donors (Lipinski definition) is 0. The zero-order valence-corrected chi connectivity index (χ0v) is 9.14. The van der Waals surface area contributed by atoms with E-state index in [1.54, 1.807) is 6.26 Å². The fourth-order valence-electron chi connectivity index (χ4n) is 1.73. The molecule has 0 radical (unpaired) electrons. The first kappa shape index (κ1) is 10.1. The summed E-state index contributed by atoms with van der Waals surface area (Å²) in [4.78, 5) is 0. The van der Waals surface area contributed by atoms with Crippen LogP contribution in [0.15, 0.2) is 48.5 Å².